The summed E-state index contributed by atoms with van der Waals surface area (Å²) in [5.74, 6) is 0.160. The van der Waals surface area contributed by atoms with E-state index in [-0.39, 0.29) is 47.1 Å². The first-order valence-corrected chi connectivity index (χ1v) is 8.13. The van der Waals surface area contributed by atoms with Gasteiger partial charge in [0.05, 0.1) is 26.4 Å². The van der Waals surface area contributed by atoms with Crippen molar-refractivity contribution >= 4 is 28.6 Å². The number of hydrogen-bond donors (Lipinski definition) is 2. The number of benzene rings is 1. The Morgan fingerprint density at radius 3 is 2.24 bits per heavy atom. The van der Waals surface area contributed by atoms with Gasteiger partial charge in [-0.25, -0.2) is 4.98 Å². The topological polar surface area (TPSA) is 190 Å². The van der Waals surface area contributed by atoms with Crippen LogP contribution >= 0.6 is 0 Å². The normalized spacial score (nSPS) is 10.1. The molecular weight excluding hydrogens is 386 g/mol. The summed E-state index contributed by atoms with van der Waals surface area (Å²) in [5, 5.41) is 48.0. The fourth-order valence-electron chi connectivity index (χ4n) is 2.69. The zero-order valence-corrected chi connectivity index (χ0v) is 15.3. The Hall–Kier alpha value is -4.34. The van der Waals surface area contributed by atoms with Crippen molar-refractivity contribution in [2.75, 3.05) is 23.7 Å². The third kappa shape index (κ3) is 4.50. The Kier molecular flexibility index (Phi) is 6.19. The highest BCUT2D eigenvalue weighted by Gasteiger charge is 2.23. The van der Waals surface area contributed by atoms with E-state index in [1.165, 1.54) is 19.9 Å². The molecule has 1 aromatic heterocycles. The summed E-state index contributed by atoms with van der Waals surface area (Å²) < 4.78 is 0. The molecule has 0 aliphatic carbocycles. The van der Waals surface area contributed by atoms with Gasteiger partial charge in [0, 0.05) is 19.2 Å². The minimum atomic E-state index is -0.735. The van der Waals surface area contributed by atoms with Crippen molar-refractivity contribution in [3.8, 4) is 6.07 Å². The van der Waals surface area contributed by atoms with Gasteiger partial charge < -0.3 is 10.6 Å². The van der Waals surface area contributed by atoms with Crippen molar-refractivity contribution in [2.45, 2.75) is 13.8 Å². The van der Waals surface area contributed by atoms with Gasteiger partial charge in [-0.2, -0.15) is 5.26 Å². The van der Waals surface area contributed by atoms with Crippen LogP contribution in [0.4, 0.5) is 28.6 Å². The molecule has 0 atom stereocenters. The fourth-order valence-corrected chi connectivity index (χ4v) is 2.69. The largest absolute Gasteiger partial charge is 0.378 e. The number of nitriles is 1. The van der Waals surface area contributed by atoms with Crippen LogP contribution < -0.4 is 10.6 Å². The van der Waals surface area contributed by atoms with E-state index in [0.29, 0.717) is 0 Å². The molecule has 0 fully saturated rings. The van der Waals surface area contributed by atoms with Gasteiger partial charge in [0.2, 0.25) is 0 Å². The van der Waals surface area contributed by atoms with Crippen molar-refractivity contribution in [3.63, 3.8) is 0 Å². The lowest BCUT2D eigenvalue weighted by molar-refractivity contribution is -0.393. The van der Waals surface area contributed by atoms with Gasteiger partial charge in [0.1, 0.15) is 28.8 Å². The number of pyridine rings is 1. The zero-order valence-electron chi connectivity index (χ0n) is 15.3. The van der Waals surface area contributed by atoms with Gasteiger partial charge in [0.15, 0.2) is 0 Å². The molecule has 0 bridgehead atoms. The van der Waals surface area contributed by atoms with Crippen molar-refractivity contribution < 1.29 is 14.8 Å². The predicted molar refractivity (Wildman–Crippen MR) is 102 cm³/mol. The molecule has 29 heavy (non-hydrogen) atoms. The minimum Gasteiger partial charge on any atom is -0.378 e. The van der Waals surface area contributed by atoms with Gasteiger partial charge >= 0.3 is 0 Å². The zero-order chi connectivity index (χ0) is 21.7. The average molecular weight is 401 g/mol. The summed E-state index contributed by atoms with van der Waals surface area (Å²) in [6, 6.07) is 5.11. The fraction of sp³-hybridized carbons (Fsp3) is 0.250. The van der Waals surface area contributed by atoms with Crippen LogP contribution in [0.3, 0.4) is 0 Å². The van der Waals surface area contributed by atoms with Gasteiger partial charge in [-0.05, 0) is 19.9 Å². The summed E-state index contributed by atoms with van der Waals surface area (Å²) in [4.78, 5) is 35.0. The quantitative estimate of drug-likeness (QED) is 0.377. The highest BCUT2D eigenvalue weighted by Crippen LogP contribution is 2.30. The molecule has 150 valence electrons. The second-order valence-corrected chi connectivity index (χ2v) is 5.83. The van der Waals surface area contributed by atoms with E-state index < -0.39 is 26.1 Å². The number of nitro benzene ring substituents is 2. The van der Waals surface area contributed by atoms with E-state index in [1.807, 2.05) is 6.07 Å². The molecule has 2 rings (SSSR count). The second-order valence-electron chi connectivity index (χ2n) is 5.83. The van der Waals surface area contributed by atoms with Crippen LogP contribution in [0.5, 0.6) is 0 Å². The first-order chi connectivity index (χ1) is 13.7. The number of non-ortho nitro benzene ring substituents is 1. The third-order valence-electron chi connectivity index (χ3n) is 4.01. The third-order valence-corrected chi connectivity index (χ3v) is 4.01. The molecule has 0 saturated carbocycles. The molecule has 0 spiro atoms. The average Bonchev–Trinajstić information content (AvgIpc) is 2.64. The van der Waals surface area contributed by atoms with Crippen LogP contribution in [0.15, 0.2) is 18.2 Å². The van der Waals surface area contributed by atoms with E-state index in [4.69, 9.17) is 0 Å². The summed E-state index contributed by atoms with van der Waals surface area (Å²) in [6.45, 7) is 3.23. The number of nitrogens with zero attached hydrogens (tertiary/aromatic N) is 5. The SMILES string of the molecule is Cc1nc(NCCNc2ccc([N+](=O)[O-])cc2[N+](=O)[O-])c(C#N)c(C)c1[N+](=O)[O-]. The molecule has 0 radical (unpaired) electrons. The lowest BCUT2D eigenvalue weighted by atomic mass is 10.1. The molecule has 13 nitrogen and oxygen atoms in total. The van der Waals surface area contributed by atoms with Crippen LogP contribution in [-0.2, 0) is 0 Å². The Morgan fingerprint density at radius 2 is 1.69 bits per heavy atom. The first-order valence-electron chi connectivity index (χ1n) is 8.13. The predicted octanol–water partition coefficient (Wildman–Crippen LogP) is 2.82. The maximum absolute atomic E-state index is 11.1. The maximum Gasteiger partial charge on any atom is 0.299 e. The summed E-state index contributed by atoms with van der Waals surface area (Å²) in [6.07, 6.45) is 0. The van der Waals surface area contributed by atoms with Crippen LogP contribution in [0.2, 0.25) is 0 Å². The maximum atomic E-state index is 11.1. The molecule has 1 aromatic carbocycles. The van der Waals surface area contributed by atoms with E-state index in [9.17, 15) is 35.6 Å². The monoisotopic (exact) mass is 401 g/mol. The van der Waals surface area contributed by atoms with Crippen LogP contribution in [0.1, 0.15) is 16.8 Å². The molecule has 2 N–H and O–H groups in total. The summed E-state index contributed by atoms with van der Waals surface area (Å²) in [5.41, 5.74) is -0.626. The van der Waals surface area contributed by atoms with Gasteiger partial charge in [0.25, 0.3) is 17.1 Å². The number of anilines is 2. The summed E-state index contributed by atoms with van der Waals surface area (Å²) in [7, 11) is 0. The summed E-state index contributed by atoms with van der Waals surface area (Å²) >= 11 is 0. The molecule has 13 heteroatoms. The van der Waals surface area contributed by atoms with Crippen LogP contribution in [-0.4, -0.2) is 32.8 Å². The molecule has 0 aliphatic heterocycles. The smallest absolute Gasteiger partial charge is 0.299 e. The van der Waals surface area contributed by atoms with Crippen molar-refractivity contribution in [1.29, 1.82) is 5.26 Å². The lowest BCUT2D eigenvalue weighted by Crippen LogP contribution is -2.17. The standard InChI is InChI=1S/C16H15N7O6/c1-9-12(8-17)16(20-10(2)15(9)23(28)29)19-6-5-18-13-4-3-11(21(24)25)7-14(13)22(26)27/h3-4,7,18H,5-6H2,1-2H3,(H,19,20). The van der Waals surface area contributed by atoms with Crippen LogP contribution in [0.25, 0.3) is 0 Å². The van der Waals surface area contributed by atoms with E-state index >= 15 is 0 Å². The van der Waals surface area contributed by atoms with Gasteiger partial charge in [-0.15, -0.1) is 0 Å². The molecule has 1 heterocycles. The molecule has 0 amide bonds. The first kappa shape index (κ1) is 21.0. The van der Waals surface area contributed by atoms with Gasteiger partial charge in [-0.3, -0.25) is 30.3 Å². The number of rotatable bonds is 8. The molecule has 0 aliphatic rings. The number of aryl methyl sites for hydroxylation is 1. The highest BCUT2D eigenvalue weighted by molar-refractivity contribution is 5.66. The number of nitro groups is 3. The molecule has 0 saturated heterocycles. The number of hydrogen-bond acceptors (Lipinski definition) is 10. The van der Waals surface area contributed by atoms with Crippen molar-refractivity contribution in [2.24, 2.45) is 0 Å². The van der Waals surface area contributed by atoms with E-state index in [0.717, 1.165) is 12.1 Å². The molecular formula is C16H15N7O6. The van der Waals surface area contributed by atoms with Crippen molar-refractivity contribution in [3.05, 3.63) is 65.4 Å². The minimum absolute atomic E-state index is 0.0311. The number of aromatic nitrogens is 1. The molecule has 2 aromatic rings. The van der Waals surface area contributed by atoms with Crippen molar-refractivity contribution in [1.82, 2.24) is 4.98 Å². The number of nitrogens with one attached hydrogen (secondary N) is 2. The van der Waals surface area contributed by atoms with E-state index in [1.54, 1.807) is 0 Å². The van der Waals surface area contributed by atoms with E-state index in [2.05, 4.69) is 15.6 Å². The second kappa shape index (κ2) is 8.57. The van der Waals surface area contributed by atoms with Crippen LogP contribution in [0, 0.1) is 55.5 Å². The van der Waals surface area contributed by atoms with Gasteiger partial charge in [-0.1, -0.05) is 0 Å². The Bertz CT molecular complexity index is 1050. The molecule has 0 unspecified atom stereocenters. The highest BCUT2D eigenvalue weighted by atomic mass is 16.6. The lowest BCUT2D eigenvalue weighted by Gasteiger charge is -2.12. The Balaban J connectivity index is 2.14. The Labute approximate surface area is 163 Å². The Morgan fingerprint density at radius 1 is 1.03 bits per heavy atom.